The van der Waals surface area contributed by atoms with Crippen LogP contribution in [0.2, 0.25) is 0 Å². The van der Waals surface area contributed by atoms with Gasteiger partial charge in [-0.1, -0.05) is 36.4 Å². The molecule has 0 unspecified atom stereocenters. The van der Waals surface area contributed by atoms with Crippen LogP contribution < -0.4 is 5.73 Å². The Kier molecular flexibility index (Phi) is 3.17. The van der Waals surface area contributed by atoms with E-state index in [1.807, 2.05) is 30.3 Å². The van der Waals surface area contributed by atoms with Crippen molar-refractivity contribution in [2.24, 2.45) is 7.05 Å². The average molecular weight is 285 g/mol. The molecule has 2 N–H and O–H groups in total. The lowest BCUT2D eigenvalue weighted by Gasteiger charge is -2.03. The molecule has 0 saturated carbocycles. The second kappa shape index (κ2) is 5.01. The van der Waals surface area contributed by atoms with E-state index >= 15 is 0 Å². The van der Waals surface area contributed by atoms with E-state index in [0.29, 0.717) is 5.82 Å². The first-order valence-corrected chi connectivity index (χ1v) is 6.41. The zero-order valence-electron chi connectivity index (χ0n) is 11.3. The molecule has 0 atom stereocenters. The zero-order chi connectivity index (χ0) is 15.0. The van der Waals surface area contributed by atoms with Crippen LogP contribution in [0.15, 0.2) is 48.5 Å². The van der Waals surface area contributed by atoms with Gasteiger partial charge in [0.2, 0.25) is 0 Å². The minimum Gasteiger partial charge on any atom is -0.383 e. The van der Waals surface area contributed by atoms with Crippen LogP contribution in [-0.2, 0) is 7.05 Å². The van der Waals surface area contributed by atoms with Crippen molar-refractivity contribution in [1.29, 1.82) is 0 Å². The summed E-state index contributed by atoms with van der Waals surface area (Å²) in [6, 6.07) is 13.0. The summed E-state index contributed by atoms with van der Waals surface area (Å²) in [5.74, 6) is -0.581. The van der Waals surface area contributed by atoms with Crippen LogP contribution in [0.4, 0.5) is 14.6 Å². The van der Waals surface area contributed by atoms with Gasteiger partial charge in [-0.25, -0.2) is 13.8 Å². The number of nitrogens with zero attached hydrogens (tertiary/aromatic N) is 2. The average Bonchev–Trinajstić information content (AvgIpc) is 2.77. The van der Waals surface area contributed by atoms with Gasteiger partial charge in [0.25, 0.3) is 0 Å². The third-order valence-electron chi connectivity index (χ3n) is 3.37. The molecule has 0 aliphatic carbocycles. The molecule has 21 heavy (non-hydrogen) atoms. The van der Waals surface area contributed by atoms with Gasteiger partial charge < -0.3 is 10.3 Å². The van der Waals surface area contributed by atoms with Crippen molar-refractivity contribution in [2.75, 3.05) is 5.73 Å². The van der Waals surface area contributed by atoms with Crippen LogP contribution in [0.1, 0.15) is 0 Å². The molecule has 0 fully saturated rings. The van der Waals surface area contributed by atoms with Crippen LogP contribution in [-0.4, -0.2) is 9.55 Å². The first-order chi connectivity index (χ1) is 10.1. The highest BCUT2D eigenvalue weighted by molar-refractivity contribution is 5.76. The van der Waals surface area contributed by atoms with Gasteiger partial charge in [-0.3, -0.25) is 0 Å². The van der Waals surface area contributed by atoms with E-state index in [4.69, 9.17) is 5.73 Å². The molecule has 0 aliphatic heterocycles. The van der Waals surface area contributed by atoms with E-state index in [-0.39, 0.29) is 17.1 Å². The predicted molar refractivity (Wildman–Crippen MR) is 78.4 cm³/mol. The number of halogens is 2. The molecule has 0 saturated heterocycles. The maximum atomic E-state index is 13.9. The Hall–Kier alpha value is -2.69. The number of anilines is 1. The molecule has 1 aromatic heterocycles. The smallest absolute Gasteiger partial charge is 0.142 e. The number of nitrogen functional groups attached to an aromatic ring is 1. The standard InChI is InChI=1S/C16H13F2N3/c1-21-15(19)14(13-11(17)8-5-9-12(13)18)20-16(21)10-6-3-2-4-7-10/h2-9H,19H2,1H3. The third kappa shape index (κ3) is 2.16. The fraction of sp³-hybridized carbons (Fsp3) is 0.0625. The Bertz CT molecular complexity index is 775. The molecule has 3 rings (SSSR count). The summed E-state index contributed by atoms with van der Waals surface area (Å²) in [7, 11) is 1.72. The molecule has 3 aromatic rings. The van der Waals surface area contributed by atoms with Gasteiger partial charge in [0.05, 0.1) is 5.56 Å². The Balaban J connectivity index is 2.23. The Labute approximate surface area is 120 Å². The number of imidazole rings is 1. The largest absolute Gasteiger partial charge is 0.383 e. The van der Waals surface area contributed by atoms with Crippen LogP contribution in [0.5, 0.6) is 0 Å². The van der Waals surface area contributed by atoms with Gasteiger partial charge in [-0.05, 0) is 12.1 Å². The van der Waals surface area contributed by atoms with Gasteiger partial charge in [-0.2, -0.15) is 0 Å². The maximum absolute atomic E-state index is 13.9. The second-order valence-corrected chi connectivity index (χ2v) is 4.69. The summed E-state index contributed by atoms with van der Waals surface area (Å²) in [4.78, 5) is 4.33. The highest BCUT2D eigenvalue weighted by atomic mass is 19.1. The van der Waals surface area contributed by atoms with Gasteiger partial charge >= 0.3 is 0 Å². The van der Waals surface area contributed by atoms with E-state index in [2.05, 4.69) is 4.98 Å². The summed E-state index contributed by atoms with van der Waals surface area (Å²) in [5, 5.41) is 0. The van der Waals surface area contributed by atoms with Crippen LogP contribution in [0.25, 0.3) is 22.6 Å². The molecule has 3 nitrogen and oxygen atoms in total. The first kappa shape index (κ1) is 13.3. The molecular weight excluding hydrogens is 272 g/mol. The van der Waals surface area contributed by atoms with Gasteiger partial charge in [0.15, 0.2) is 0 Å². The van der Waals surface area contributed by atoms with E-state index in [1.54, 1.807) is 11.6 Å². The minimum absolute atomic E-state index is 0.118. The van der Waals surface area contributed by atoms with E-state index in [1.165, 1.54) is 18.2 Å². The molecule has 2 aromatic carbocycles. The lowest BCUT2D eigenvalue weighted by Crippen LogP contribution is -1.99. The third-order valence-corrected chi connectivity index (χ3v) is 3.37. The molecule has 0 radical (unpaired) electrons. The number of nitrogens with two attached hydrogens (primary N) is 1. The predicted octanol–water partition coefficient (Wildman–Crippen LogP) is 3.61. The number of benzene rings is 2. The fourth-order valence-corrected chi connectivity index (χ4v) is 2.26. The first-order valence-electron chi connectivity index (χ1n) is 6.41. The highest BCUT2D eigenvalue weighted by Gasteiger charge is 2.20. The number of hydrogen-bond donors (Lipinski definition) is 1. The topological polar surface area (TPSA) is 43.8 Å². The molecule has 0 aliphatic rings. The van der Waals surface area contributed by atoms with E-state index < -0.39 is 11.6 Å². The summed E-state index contributed by atoms with van der Waals surface area (Å²) in [6.45, 7) is 0. The number of hydrogen-bond acceptors (Lipinski definition) is 2. The maximum Gasteiger partial charge on any atom is 0.142 e. The Morgan fingerprint density at radius 2 is 1.57 bits per heavy atom. The molecular formula is C16H13F2N3. The van der Waals surface area contributed by atoms with Crippen molar-refractivity contribution in [1.82, 2.24) is 9.55 Å². The molecule has 5 heteroatoms. The quantitative estimate of drug-likeness (QED) is 0.781. The molecule has 0 amide bonds. The van der Waals surface area contributed by atoms with Crippen molar-refractivity contribution < 1.29 is 8.78 Å². The van der Waals surface area contributed by atoms with Crippen molar-refractivity contribution >= 4 is 5.82 Å². The zero-order valence-corrected chi connectivity index (χ0v) is 11.3. The molecule has 0 spiro atoms. The van der Waals surface area contributed by atoms with Gasteiger partial charge in [-0.15, -0.1) is 0 Å². The summed E-state index contributed by atoms with van der Waals surface area (Å²) >= 11 is 0. The van der Waals surface area contributed by atoms with Gasteiger partial charge in [0, 0.05) is 12.6 Å². The number of aromatic nitrogens is 2. The Morgan fingerprint density at radius 3 is 2.19 bits per heavy atom. The summed E-state index contributed by atoms with van der Waals surface area (Å²) in [6.07, 6.45) is 0. The Morgan fingerprint density at radius 1 is 0.952 bits per heavy atom. The SMILES string of the molecule is Cn1c(-c2ccccc2)nc(-c2c(F)cccc2F)c1N. The normalized spacial score (nSPS) is 10.8. The molecule has 106 valence electrons. The summed E-state index contributed by atoms with van der Waals surface area (Å²) in [5.41, 5.74) is 6.72. The van der Waals surface area contributed by atoms with E-state index in [0.717, 1.165) is 5.56 Å². The molecule has 0 bridgehead atoms. The van der Waals surface area contributed by atoms with Crippen LogP contribution in [0.3, 0.4) is 0 Å². The van der Waals surface area contributed by atoms with Crippen LogP contribution in [0, 0.1) is 11.6 Å². The minimum atomic E-state index is -0.681. The number of rotatable bonds is 2. The lowest BCUT2D eigenvalue weighted by molar-refractivity contribution is 0.589. The highest BCUT2D eigenvalue weighted by Crippen LogP contribution is 2.33. The van der Waals surface area contributed by atoms with Crippen molar-refractivity contribution in [3.8, 4) is 22.6 Å². The van der Waals surface area contributed by atoms with Crippen LogP contribution >= 0.6 is 0 Å². The van der Waals surface area contributed by atoms with Crippen molar-refractivity contribution in [3.63, 3.8) is 0 Å². The van der Waals surface area contributed by atoms with Crippen molar-refractivity contribution in [2.45, 2.75) is 0 Å². The fourth-order valence-electron chi connectivity index (χ4n) is 2.26. The molecule has 1 heterocycles. The second-order valence-electron chi connectivity index (χ2n) is 4.69. The van der Waals surface area contributed by atoms with Crippen molar-refractivity contribution in [3.05, 3.63) is 60.2 Å². The monoisotopic (exact) mass is 285 g/mol. The van der Waals surface area contributed by atoms with E-state index in [9.17, 15) is 8.78 Å². The summed E-state index contributed by atoms with van der Waals surface area (Å²) < 4.78 is 29.5. The van der Waals surface area contributed by atoms with Gasteiger partial charge in [0.1, 0.15) is 29.0 Å². The lowest BCUT2D eigenvalue weighted by atomic mass is 10.1.